The van der Waals surface area contributed by atoms with Crippen LogP contribution < -0.4 is 14.8 Å². The molecule has 2 rings (SSSR count). The Morgan fingerprint density at radius 1 is 1.10 bits per heavy atom. The first-order valence-electron chi connectivity index (χ1n) is 6.15. The topological polar surface area (TPSA) is 30.5 Å². The summed E-state index contributed by atoms with van der Waals surface area (Å²) in [5.74, 6) is 1.14. The average molecular weight is 438 g/mol. The van der Waals surface area contributed by atoms with Crippen molar-refractivity contribution in [1.82, 2.24) is 0 Å². The first kappa shape index (κ1) is 16.5. The SMILES string of the molecule is COc1ccc(CNc2ccc(I)cc2Cl)c(Cl)c1OC. The van der Waals surface area contributed by atoms with E-state index in [1.54, 1.807) is 14.2 Å². The molecule has 2 aromatic rings. The van der Waals surface area contributed by atoms with E-state index in [1.807, 2.05) is 30.3 Å². The molecular weight excluding hydrogens is 424 g/mol. The number of methoxy groups -OCH3 is 2. The van der Waals surface area contributed by atoms with Gasteiger partial charge in [0.15, 0.2) is 11.5 Å². The van der Waals surface area contributed by atoms with Crippen molar-refractivity contribution in [3.63, 3.8) is 0 Å². The molecule has 0 unspecified atom stereocenters. The van der Waals surface area contributed by atoms with Gasteiger partial charge in [-0.3, -0.25) is 0 Å². The number of benzene rings is 2. The van der Waals surface area contributed by atoms with Crippen LogP contribution in [0.3, 0.4) is 0 Å². The Morgan fingerprint density at radius 3 is 2.48 bits per heavy atom. The van der Waals surface area contributed by atoms with Crippen LogP contribution in [0.5, 0.6) is 11.5 Å². The molecule has 0 saturated heterocycles. The third kappa shape index (κ3) is 3.87. The maximum absolute atomic E-state index is 6.34. The highest BCUT2D eigenvalue weighted by atomic mass is 127. The van der Waals surface area contributed by atoms with E-state index in [4.69, 9.17) is 32.7 Å². The Hall–Kier alpha value is -0.850. The molecule has 0 aliphatic carbocycles. The van der Waals surface area contributed by atoms with Crippen LogP contribution in [0, 0.1) is 3.57 Å². The number of halogens is 3. The van der Waals surface area contributed by atoms with Crippen LogP contribution in [0.2, 0.25) is 10.0 Å². The quantitative estimate of drug-likeness (QED) is 0.650. The van der Waals surface area contributed by atoms with E-state index in [0.717, 1.165) is 14.8 Å². The standard InChI is InChI=1S/C15H14Cl2INO2/c1-20-13-6-3-9(14(17)15(13)21-2)8-19-12-5-4-10(18)7-11(12)16/h3-7,19H,8H2,1-2H3. The van der Waals surface area contributed by atoms with Gasteiger partial charge < -0.3 is 14.8 Å². The Balaban J connectivity index is 2.20. The molecule has 112 valence electrons. The Kier molecular flexibility index (Phi) is 5.84. The van der Waals surface area contributed by atoms with Gasteiger partial charge in [0.25, 0.3) is 0 Å². The summed E-state index contributed by atoms with van der Waals surface area (Å²) < 4.78 is 11.6. The molecule has 0 heterocycles. The van der Waals surface area contributed by atoms with E-state index in [2.05, 4.69) is 27.9 Å². The van der Waals surface area contributed by atoms with Crippen molar-refractivity contribution in [2.75, 3.05) is 19.5 Å². The second-order valence-corrected chi connectivity index (χ2v) is 6.28. The minimum atomic E-state index is 0.533. The van der Waals surface area contributed by atoms with Gasteiger partial charge in [0, 0.05) is 10.1 Å². The van der Waals surface area contributed by atoms with Gasteiger partial charge in [-0.1, -0.05) is 29.3 Å². The lowest BCUT2D eigenvalue weighted by atomic mass is 10.2. The fraction of sp³-hybridized carbons (Fsp3) is 0.200. The molecular formula is C15H14Cl2INO2. The van der Waals surface area contributed by atoms with Crippen molar-refractivity contribution in [2.24, 2.45) is 0 Å². The molecule has 0 atom stereocenters. The van der Waals surface area contributed by atoms with Crippen molar-refractivity contribution in [3.05, 3.63) is 49.5 Å². The normalized spacial score (nSPS) is 10.3. The third-order valence-electron chi connectivity index (χ3n) is 2.97. The highest BCUT2D eigenvalue weighted by Crippen LogP contribution is 2.37. The number of rotatable bonds is 5. The predicted octanol–water partition coefficient (Wildman–Crippen LogP) is 5.23. The minimum Gasteiger partial charge on any atom is -0.493 e. The first-order valence-corrected chi connectivity index (χ1v) is 7.98. The second kappa shape index (κ2) is 7.42. The Labute approximate surface area is 147 Å². The summed E-state index contributed by atoms with van der Waals surface area (Å²) in [6.45, 7) is 0.541. The Morgan fingerprint density at radius 2 is 1.86 bits per heavy atom. The number of nitrogens with one attached hydrogen (secondary N) is 1. The number of ether oxygens (including phenoxy) is 2. The lowest BCUT2D eigenvalue weighted by Gasteiger charge is -2.14. The van der Waals surface area contributed by atoms with Gasteiger partial charge in [-0.05, 0) is 52.4 Å². The molecule has 0 amide bonds. The van der Waals surface area contributed by atoms with Crippen molar-refractivity contribution >= 4 is 51.5 Å². The number of anilines is 1. The summed E-state index contributed by atoms with van der Waals surface area (Å²) in [5, 5.41) is 4.48. The average Bonchev–Trinajstić information content (AvgIpc) is 2.47. The van der Waals surface area contributed by atoms with Gasteiger partial charge in [-0.2, -0.15) is 0 Å². The summed E-state index contributed by atoms with van der Waals surface area (Å²) in [5.41, 5.74) is 1.77. The van der Waals surface area contributed by atoms with E-state index < -0.39 is 0 Å². The molecule has 0 aliphatic rings. The van der Waals surface area contributed by atoms with Crippen LogP contribution in [0.25, 0.3) is 0 Å². The minimum absolute atomic E-state index is 0.533. The smallest absolute Gasteiger partial charge is 0.179 e. The maximum Gasteiger partial charge on any atom is 0.179 e. The fourth-order valence-corrected chi connectivity index (χ4v) is 3.11. The van der Waals surface area contributed by atoms with Crippen molar-refractivity contribution in [3.8, 4) is 11.5 Å². The monoisotopic (exact) mass is 437 g/mol. The van der Waals surface area contributed by atoms with Gasteiger partial charge in [-0.25, -0.2) is 0 Å². The van der Waals surface area contributed by atoms with Crippen LogP contribution in [0.15, 0.2) is 30.3 Å². The zero-order chi connectivity index (χ0) is 15.4. The van der Waals surface area contributed by atoms with Gasteiger partial charge in [0.05, 0.1) is 30.0 Å². The van der Waals surface area contributed by atoms with Gasteiger partial charge >= 0.3 is 0 Å². The molecule has 0 aliphatic heterocycles. The lowest BCUT2D eigenvalue weighted by molar-refractivity contribution is 0.355. The van der Waals surface area contributed by atoms with E-state index in [1.165, 1.54) is 0 Å². The molecule has 0 aromatic heterocycles. The van der Waals surface area contributed by atoms with Gasteiger partial charge in [-0.15, -0.1) is 0 Å². The number of hydrogen-bond donors (Lipinski definition) is 1. The first-order chi connectivity index (χ1) is 10.1. The van der Waals surface area contributed by atoms with Crippen molar-refractivity contribution in [1.29, 1.82) is 0 Å². The third-order valence-corrected chi connectivity index (χ3v) is 4.36. The van der Waals surface area contributed by atoms with Crippen molar-refractivity contribution in [2.45, 2.75) is 6.54 Å². The molecule has 0 fully saturated rings. The van der Waals surface area contributed by atoms with E-state index in [0.29, 0.717) is 28.1 Å². The summed E-state index contributed by atoms with van der Waals surface area (Å²) in [6.07, 6.45) is 0. The zero-order valence-corrected chi connectivity index (χ0v) is 15.2. The zero-order valence-electron chi connectivity index (χ0n) is 11.5. The van der Waals surface area contributed by atoms with Crippen LogP contribution in [0.1, 0.15) is 5.56 Å². The van der Waals surface area contributed by atoms with Crippen LogP contribution >= 0.6 is 45.8 Å². The highest BCUT2D eigenvalue weighted by molar-refractivity contribution is 14.1. The van der Waals surface area contributed by atoms with E-state index >= 15 is 0 Å². The summed E-state index contributed by atoms with van der Waals surface area (Å²) in [7, 11) is 3.15. The van der Waals surface area contributed by atoms with E-state index in [9.17, 15) is 0 Å². The largest absolute Gasteiger partial charge is 0.493 e. The Bertz CT molecular complexity index is 650. The molecule has 0 bridgehead atoms. The van der Waals surface area contributed by atoms with E-state index in [-0.39, 0.29) is 0 Å². The molecule has 3 nitrogen and oxygen atoms in total. The molecule has 21 heavy (non-hydrogen) atoms. The molecule has 0 saturated carbocycles. The molecule has 6 heteroatoms. The van der Waals surface area contributed by atoms with Crippen molar-refractivity contribution < 1.29 is 9.47 Å². The van der Waals surface area contributed by atoms with Crippen LogP contribution in [-0.2, 0) is 6.54 Å². The molecule has 0 spiro atoms. The molecule has 0 radical (unpaired) electrons. The highest BCUT2D eigenvalue weighted by Gasteiger charge is 2.13. The summed E-state index contributed by atoms with van der Waals surface area (Å²) in [6, 6.07) is 9.57. The summed E-state index contributed by atoms with van der Waals surface area (Å²) >= 11 is 14.8. The molecule has 2 aromatic carbocycles. The van der Waals surface area contributed by atoms with Crippen LogP contribution in [0.4, 0.5) is 5.69 Å². The second-order valence-electron chi connectivity index (χ2n) is 4.25. The predicted molar refractivity (Wildman–Crippen MR) is 96.1 cm³/mol. The molecule has 1 N–H and O–H groups in total. The van der Waals surface area contributed by atoms with Gasteiger partial charge in [0.1, 0.15) is 0 Å². The lowest BCUT2D eigenvalue weighted by Crippen LogP contribution is -2.02. The maximum atomic E-state index is 6.34. The number of hydrogen-bond acceptors (Lipinski definition) is 3. The van der Waals surface area contributed by atoms with Gasteiger partial charge in [0.2, 0.25) is 0 Å². The summed E-state index contributed by atoms with van der Waals surface area (Å²) in [4.78, 5) is 0. The van der Waals surface area contributed by atoms with Crippen LogP contribution in [-0.4, -0.2) is 14.2 Å². The fourth-order valence-electron chi connectivity index (χ4n) is 1.89.